The van der Waals surface area contributed by atoms with Gasteiger partial charge in [-0.1, -0.05) is 6.07 Å². The van der Waals surface area contributed by atoms with Crippen LogP contribution >= 0.6 is 22.7 Å². The van der Waals surface area contributed by atoms with E-state index in [0.29, 0.717) is 22.8 Å². The number of rotatable bonds is 7. The smallest absolute Gasteiger partial charge is 0.338 e. The second-order valence-electron chi connectivity index (χ2n) is 5.15. The van der Waals surface area contributed by atoms with Gasteiger partial charge in [0.05, 0.1) is 21.1 Å². The molecule has 0 N–H and O–H groups in total. The van der Waals surface area contributed by atoms with Crippen LogP contribution in [0, 0.1) is 6.92 Å². The average molecular weight is 373 g/mol. The quantitative estimate of drug-likeness (QED) is 0.460. The van der Waals surface area contributed by atoms with Crippen LogP contribution in [0.15, 0.2) is 47.2 Å². The lowest BCUT2D eigenvalue weighted by molar-refractivity contribution is 0.0476. The van der Waals surface area contributed by atoms with E-state index in [1.807, 2.05) is 12.3 Å². The van der Waals surface area contributed by atoms with Gasteiger partial charge in [0.2, 0.25) is 5.78 Å². The third kappa shape index (κ3) is 4.74. The highest BCUT2D eigenvalue weighted by Gasteiger charge is 2.12. The van der Waals surface area contributed by atoms with Crippen molar-refractivity contribution in [3.05, 3.63) is 68.3 Å². The zero-order chi connectivity index (χ0) is 17.6. The van der Waals surface area contributed by atoms with Crippen LogP contribution in [0.3, 0.4) is 0 Å². The summed E-state index contributed by atoms with van der Waals surface area (Å²) in [7, 11) is 0. The number of benzene rings is 1. The molecule has 3 rings (SSSR count). The van der Waals surface area contributed by atoms with Crippen molar-refractivity contribution in [3.63, 3.8) is 0 Å². The Morgan fingerprint density at radius 1 is 1.12 bits per heavy atom. The summed E-state index contributed by atoms with van der Waals surface area (Å²) in [5.74, 6) is -0.106. The summed E-state index contributed by atoms with van der Waals surface area (Å²) >= 11 is 2.90. The fraction of sp³-hybridized carbons (Fsp3) is 0.167. The first-order chi connectivity index (χ1) is 12.1. The molecule has 0 radical (unpaired) electrons. The van der Waals surface area contributed by atoms with E-state index in [0.717, 1.165) is 10.7 Å². The van der Waals surface area contributed by atoms with Crippen LogP contribution in [0.25, 0.3) is 0 Å². The Morgan fingerprint density at radius 3 is 2.56 bits per heavy atom. The highest BCUT2D eigenvalue weighted by atomic mass is 32.1. The standard InChI is InChI=1S/C18H15NO4S2/c1-12-19-14(11-25-12)9-22-15-6-4-13(5-7-15)18(21)23-10-16(20)17-3-2-8-24-17/h2-8,11H,9-10H2,1H3. The van der Waals surface area contributed by atoms with E-state index in [9.17, 15) is 9.59 Å². The lowest BCUT2D eigenvalue weighted by atomic mass is 10.2. The molecule has 0 atom stereocenters. The topological polar surface area (TPSA) is 65.5 Å². The van der Waals surface area contributed by atoms with Crippen molar-refractivity contribution in [2.75, 3.05) is 6.61 Å². The normalized spacial score (nSPS) is 10.4. The molecule has 0 unspecified atom stereocenters. The van der Waals surface area contributed by atoms with Crippen LogP contribution in [0.4, 0.5) is 0 Å². The highest BCUT2D eigenvalue weighted by molar-refractivity contribution is 7.12. The van der Waals surface area contributed by atoms with Gasteiger partial charge in [-0.05, 0) is 42.6 Å². The van der Waals surface area contributed by atoms with Crippen molar-refractivity contribution < 1.29 is 19.1 Å². The maximum atomic E-state index is 12.0. The summed E-state index contributed by atoms with van der Waals surface area (Å²) in [5, 5.41) is 4.75. The maximum Gasteiger partial charge on any atom is 0.338 e. The number of thiazole rings is 1. The zero-order valence-corrected chi connectivity index (χ0v) is 15.1. The van der Waals surface area contributed by atoms with Crippen molar-refractivity contribution in [2.24, 2.45) is 0 Å². The summed E-state index contributed by atoms with van der Waals surface area (Å²) in [6, 6.07) is 10.1. The van der Waals surface area contributed by atoms with Gasteiger partial charge in [0.25, 0.3) is 0 Å². The Hall–Kier alpha value is -2.51. The predicted octanol–water partition coefficient (Wildman–Crippen LogP) is 4.13. The van der Waals surface area contributed by atoms with E-state index in [2.05, 4.69) is 4.98 Å². The first kappa shape index (κ1) is 17.3. The van der Waals surface area contributed by atoms with E-state index in [1.165, 1.54) is 11.3 Å². The van der Waals surface area contributed by atoms with Crippen molar-refractivity contribution in [2.45, 2.75) is 13.5 Å². The molecule has 128 valence electrons. The van der Waals surface area contributed by atoms with E-state index in [4.69, 9.17) is 9.47 Å². The second-order valence-corrected chi connectivity index (χ2v) is 7.16. The highest BCUT2D eigenvalue weighted by Crippen LogP contribution is 2.16. The number of nitrogens with zero attached hydrogens (tertiary/aromatic N) is 1. The molecule has 0 saturated heterocycles. The fourth-order valence-electron chi connectivity index (χ4n) is 2.04. The van der Waals surface area contributed by atoms with Gasteiger partial charge in [0.15, 0.2) is 6.61 Å². The summed E-state index contributed by atoms with van der Waals surface area (Å²) in [6.07, 6.45) is 0. The van der Waals surface area contributed by atoms with Gasteiger partial charge < -0.3 is 9.47 Å². The summed E-state index contributed by atoms with van der Waals surface area (Å²) < 4.78 is 10.7. The van der Waals surface area contributed by atoms with Crippen molar-refractivity contribution >= 4 is 34.4 Å². The number of ether oxygens (including phenoxy) is 2. The number of hydrogen-bond acceptors (Lipinski definition) is 7. The number of Topliss-reactive ketones (excluding diaryl/α,β-unsaturated/α-hetero) is 1. The number of carbonyl (C=O) groups is 2. The minimum atomic E-state index is -0.536. The Balaban J connectivity index is 1.50. The van der Waals surface area contributed by atoms with Crippen LogP contribution in [0.5, 0.6) is 5.75 Å². The molecular formula is C18H15NO4S2. The molecule has 1 aromatic carbocycles. The van der Waals surface area contributed by atoms with Gasteiger partial charge in [-0.15, -0.1) is 22.7 Å². The van der Waals surface area contributed by atoms with E-state index < -0.39 is 5.97 Å². The lowest BCUT2D eigenvalue weighted by Gasteiger charge is -2.06. The second kappa shape index (κ2) is 8.04. The van der Waals surface area contributed by atoms with Gasteiger partial charge in [0.1, 0.15) is 12.4 Å². The molecule has 7 heteroatoms. The lowest BCUT2D eigenvalue weighted by Crippen LogP contribution is -2.13. The predicted molar refractivity (Wildman–Crippen MR) is 96.6 cm³/mol. The molecule has 0 aliphatic heterocycles. The molecule has 3 aromatic rings. The molecular weight excluding hydrogens is 358 g/mol. The minimum absolute atomic E-state index is 0.207. The fourth-order valence-corrected chi connectivity index (χ4v) is 3.29. The number of esters is 1. The summed E-state index contributed by atoms with van der Waals surface area (Å²) in [4.78, 5) is 28.7. The van der Waals surface area contributed by atoms with Gasteiger partial charge in [-0.3, -0.25) is 4.79 Å². The van der Waals surface area contributed by atoms with E-state index in [1.54, 1.807) is 53.1 Å². The summed E-state index contributed by atoms with van der Waals surface area (Å²) in [6.45, 7) is 2.06. The minimum Gasteiger partial charge on any atom is -0.487 e. The van der Waals surface area contributed by atoms with Crippen molar-refractivity contribution in [1.82, 2.24) is 4.98 Å². The van der Waals surface area contributed by atoms with Gasteiger partial charge >= 0.3 is 5.97 Å². The van der Waals surface area contributed by atoms with Crippen molar-refractivity contribution in [1.29, 1.82) is 0 Å². The largest absolute Gasteiger partial charge is 0.487 e. The molecule has 0 saturated carbocycles. The molecule has 0 aliphatic rings. The summed E-state index contributed by atoms with van der Waals surface area (Å²) in [5.41, 5.74) is 1.24. The van der Waals surface area contributed by atoms with Crippen molar-refractivity contribution in [3.8, 4) is 5.75 Å². The van der Waals surface area contributed by atoms with Gasteiger partial charge in [-0.2, -0.15) is 0 Å². The molecule has 5 nitrogen and oxygen atoms in total. The Bertz CT molecular complexity index is 854. The molecule has 25 heavy (non-hydrogen) atoms. The van der Waals surface area contributed by atoms with E-state index in [-0.39, 0.29) is 12.4 Å². The number of carbonyl (C=O) groups excluding carboxylic acids is 2. The molecule has 0 aliphatic carbocycles. The first-order valence-electron chi connectivity index (χ1n) is 7.49. The molecule has 2 aromatic heterocycles. The van der Waals surface area contributed by atoms with Crippen LogP contribution in [-0.4, -0.2) is 23.3 Å². The van der Waals surface area contributed by atoms with Crippen LogP contribution in [0.1, 0.15) is 30.7 Å². The monoisotopic (exact) mass is 373 g/mol. The molecule has 0 spiro atoms. The van der Waals surface area contributed by atoms with Crippen LogP contribution in [0.2, 0.25) is 0 Å². The van der Waals surface area contributed by atoms with Crippen LogP contribution in [-0.2, 0) is 11.3 Å². The average Bonchev–Trinajstić information content (AvgIpc) is 3.30. The Morgan fingerprint density at radius 2 is 1.92 bits per heavy atom. The number of hydrogen-bond donors (Lipinski definition) is 0. The van der Waals surface area contributed by atoms with Crippen LogP contribution < -0.4 is 4.74 Å². The number of ketones is 1. The zero-order valence-electron chi connectivity index (χ0n) is 13.4. The molecule has 2 heterocycles. The maximum absolute atomic E-state index is 12.0. The third-order valence-corrected chi connectivity index (χ3v) is 5.01. The van der Waals surface area contributed by atoms with Gasteiger partial charge in [-0.25, -0.2) is 9.78 Å². The molecule has 0 bridgehead atoms. The Kier molecular flexibility index (Phi) is 5.57. The first-order valence-corrected chi connectivity index (χ1v) is 9.25. The Labute approximate surface area is 152 Å². The van der Waals surface area contributed by atoms with Gasteiger partial charge in [0, 0.05) is 5.38 Å². The molecule has 0 amide bonds. The van der Waals surface area contributed by atoms with E-state index >= 15 is 0 Å². The third-order valence-electron chi connectivity index (χ3n) is 3.27. The number of aromatic nitrogens is 1. The number of aryl methyl sites for hydroxylation is 1. The SMILES string of the molecule is Cc1nc(COc2ccc(C(=O)OCC(=O)c3cccs3)cc2)cs1. The number of thiophene rings is 1. The molecule has 0 fully saturated rings.